The van der Waals surface area contributed by atoms with E-state index in [1.165, 1.54) is 22.2 Å². The summed E-state index contributed by atoms with van der Waals surface area (Å²) in [5.41, 5.74) is 2.48. The van der Waals surface area contributed by atoms with Crippen LogP contribution in [0.15, 0.2) is 65.7 Å². The number of carbonyl (C=O) groups excluding carboxylic acids is 1. The fourth-order valence-electron chi connectivity index (χ4n) is 3.52. The summed E-state index contributed by atoms with van der Waals surface area (Å²) in [4.78, 5) is 29.4. The highest BCUT2D eigenvalue weighted by molar-refractivity contribution is 7.22. The van der Waals surface area contributed by atoms with E-state index in [9.17, 15) is 14.7 Å². The highest BCUT2D eigenvalue weighted by atomic mass is 32.1. The maximum atomic E-state index is 13.0. The normalized spacial score (nSPS) is 12.0. The number of aliphatic hydroxyl groups is 1. The Kier molecular flexibility index (Phi) is 7.40. The molecule has 0 saturated carbocycles. The van der Waals surface area contributed by atoms with Crippen LogP contribution in [0.2, 0.25) is 0 Å². The lowest BCUT2D eigenvalue weighted by Crippen LogP contribution is -2.30. The summed E-state index contributed by atoms with van der Waals surface area (Å²) >= 11 is 1.38. The largest absolute Gasteiger partial charge is 0.497 e. The third-order valence-corrected chi connectivity index (χ3v) is 6.58. The zero-order chi connectivity index (χ0) is 24.1. The molecule has 2 aromatic heterocycles. The molecule has 0 saturated heterocycles. The molecule has 0 bridgehead atoms. The van der Waals surface area contributed by atoms with Crippen molar-refractivity contribution in [3.05, 3.63) is 76.8 Å². The Hall–Kier alpha value is -3.49. The molecule has 0 amide bonds. The van der Waals surface area contributed by atoms with Gasteiger partial charge in [0, 0.05) is 11.3 Å². The molecule has 34 heavy (non-hydrogen) atoms. The Bertz CT molecular complexity index is 1330. The summed E-state index contributed by atoms with van der Waals surface area (Å²) < 4.78 is 12.8. The van der Waals surface area contributed by atoms with Gasteiger partial charge < -0.3 is 19.4 Å². The summed E-state index contributed by atoms with van der Waals surface area (Å²) in [6.45, 7) is 1.70. The molecule has 0 radical (unpaired) electrons. The SMILES string of the molecule is COc1ccc(-c2cc3ncn(CC(O)COc4ccc(CCC(C)=O)cc4)c(=O)c3s2)cc1. The maximum absolute atomic E-state index is 13.0. The first-order valence-corrected chi connectivity index (χ1v) is 11.8. The highest BCUT2D eigenvalue weighted by Crippen LogP contribution is 2.31. The zero-order valence-corrected chi connectivity index (χ0v) is 19.9. The second-order valence-electron chi connectivity index (χ2n) is 8.07. The number of Topliss-reactive ketones (excluding diaryl/α,β-unsaturated/α-hetero) is 1. The molecule has 2 aromatic carbocycles. The van der Waals surface area contributed by atoms with Crippen molar-refractivity contribution in [3.63, 3.8) is 0 Å². The van der Waals surface area contributed by atoms with Gasteiger partial charge in [0.1, 0.15) is 34.7 Å². The first-order chi connectivity index (χ1) is 16.4. The van der Waals surface area contributed by atoms with Crippen LogP contribution in [0.5, 0.6) is 11.5 Å². The Morgan fingerprint density at radius 2 is 1.82 bits per heavy atom. The molecule has 7 nitrogen and oxygen atoms in total. The molecule has 1 N–H and O–H groups in total. The monoisotopic (exact) mass is 478 g/mol. The predicted molar refractivity (Wildman–Crippen MR) is 133 cm³/mol. The number of aromatic nitrogens is 2. The van der Waals surface area contributed by atoms with Crippen molar-refractivity contribution in [3.8, 4) is 21.9 Å². The van der Waals surface area contributed by atoms with Gasteiger partial charge in [-0.25, -0.2) is 4.98 Å². The number of benzene rings is 2. The second-order valence-corrected chi connectivity index (χ2v) is 9.12. The van der Waals surface area contributed by atoms with E-state index in [4.69, 9.17) is 9.47 Å². The number of nitrogens with zero attached hydrogens (tertiary/aromatic N) is 2. The summed E-state index contributed by atoms with van der Waals surface area (Å²) in [5.74, 6) is 1.55. The lowest BCUT2D eigenvalue weighted by molar-refractivity contribution is -0.116. The number of aliphatic hydroxyl groups excluding tert-OH is 1. The summed E-state index contributed by atoms with van der Waals surface area (Å²) in [5, 5.41) is 10.4. The molecule has 8 heteroatoms. The Labute approximate surface area is 201 Å². The van der Waals surface area contributed by atoms with Crippen molar-refractivity contribution in [1.29, 1.82) is 0 Å². The molecular weight excluding hydrogens is 452 g/mol. The number of hydrogen-bond donors (Lipinski definition) is 1. The molecule has 4 aromatic rings. The molecule has 176 valence electrons. The first kappa shape index (κ1) is 23.7. The molecule has 0 aliphatic carbocycles. The van der Waals surface area contributed by atoms with Gasteiger partial charge in [-0.2, -0.15) is 0 Å². The molecule has 0 aliphatic heterocycles. The van der Waals surface area contributed by atoms with Crippen LogP contribution < -0.4 is 15.0 Å². The Balaban J connectivity index is 1.40. The second kappa shape index (κ2) is 10.6. The average molecular weight is 479 g/mol. The fourth-order valence-corrected chi connectivity index (χ4v) is 4.58. The lowest BCUT2D eigenvalue weighted by atomic mass is 10.1. The minimum absolute atomic E-state index is 0.0405. The minimum atomic E-state index is -0.879. The number of rotatable bonds is 10. The molecule has 2 heterocycles. The van der Waals surface area contributed by atoms with Crippen molar-refractivity contribution in [2.45, 2.75) is 32.4 Å². The van der Waals surface area contributed by atoms with Gasteiger partial charge in [0.25, 0.3) is 5.56 Å². The van der Waals surface area contributed by atoms with Gasteiger partial charge >= 0.3 is 0 Å². The topological polar surface area (TPSA) is 90.7 Å². The van der Waals surface area contributed by atoms with E-state index >= 15 is 0 Å². The van der Waals surface area contributed by atoms with Gasteiger partial charge in [0.15, 0.2) is 0 Å². The number of ether oxygens (including phenoxy) is 2. The van der Waals surface area contributed by atoms with Gasteiger partial charge in [-0.3, -0.25) is 9.36 Å². The third-order valence-electron chi connectivity index (χ3n) is 5.42. The lowest BCUT2D eigenvalue weighted by Gasteiger charge is -2.14. The summed E-state index contributed by atoms with van der Waals surface area (Å²) in [7, 11) is 1.62. The van der Waals surface area contributed by atoms with Gasteiger partial charge in [0.2, 0.25) is 0 Å². The van der Waals surface area contributed by atoms with Crippen LogP contribution in [0.4, 0.5) is 0 Å². The molecule has 4 rings (SSSR count). The van der Waals surface area contributed by atoms with E-state index in [-0.39, 0.29) is 24.5 Å². The van der Waals surface area contributed by atoms with Crippen molar-refractivity contribution in [2.75, 3.05) is 13.7 Å². The number of methoxy groups -OCH3 is 1. The number of fused-ring (bicyclic) bond motifs is 1. The number of hydrogen-bond acceptors (Lipinski definition) is 7. The van der Waals surface area contributed by atoms with E-state index in [1.54, 1.807) is 14.0 Å². The zero-order valence-electron chi connectivity index (χ0n) is 19.1. The van der Waals surface area contributed by atoms with Crippen LogP contribution in [0.1, 0.15) is 18.9 Å². The Morgan fingerprint density at radius 3 is 2.50 bits per heavy atom. The van der Waals surface area contributed by atoms with E-state index in [2.05, 4.69) is 4.98 Å². The van der Waals surface area contributed by atoms with E-state index in [0.29, 0.717) is 28.8 Å². The van der Waals surface area contributed by atoms with Crippen molar-refractivity contribution in [2.24, 2.45) is 0 Å². The van der Waals surface area contributed by atoms with Gasteiger partial charge in [-0.15, -0.1) is 11.3 Å². The Morgan fingerprint density at radius 1 is 1.12 bits per heavy atom. The molecule has 0 spiro atoms. The van der Waals surface area contributed by atoms with Crippen LogP contribution in [-0.2, 0) is 17.8 Å². The van der Waals surface area contributed by atoms with Crippen LogP contribution in [0.25, 0.3) is 20.7 Å². The number of carbonyl (C=O) groups is 1. The fraction of sp³-hybridized carbons (Fsp3) is 0.269. The summed E-state index contributed by atoms with van der Waals surface area (Å²) in [6.07, 6.45) is 1.79. The van der Waals surface area contributed by atoms with Crippen LogP contribution in [0.3, 0.4) is 0 Å². The van der Waals surface area contributed by atoms with Gasteiger partial charge in [-0.1, -0.05) is 12.1 Å². The third kappa shape index (κ3) is 5.70. The van der Waals surface area contributed by atoms with Gasteiger partial charge in [-0.05, 0) is 66.9 Å². The molecule has 1 atom stereocenters. The van der Waals surface area contributed by atoms with Crippen LogP contribution in [0, 0.1) is 0 Å². The average Bonchev–Trinajstić information content (AvgIpc) is 3.29. The van der Waals surface area contributed by atoms with Crippen molar-refractivity contribution >= 4 is 27.3 Å². The number of aryl methyl sites for hydroxylation is 1. The van der Waals surface area contributed by atoms with Crippen molar-refractivity contribution < 1.29 is 19.4 Å². The quantitative estimate of drug-likeness (QED) is 0.369. The smallest absolute Gasteiger partial charge is 0.271 e. The van der Waals surface area contributed by atoms with E-state index in [1.807, 2.05) is 54.6 Å². The molecule has 0 aliphatic rings. The number of thiophene rings is 1. The molecular formula is C26H26N2O5S. The van der Waals surface area contributed by atoms with Gasteiger partial charge in [0.05, 0.1) is 25.5 Å². The first-order valence-electron chi connectivity index (χ1n) is 11.0. The van der Waals surface area contributed by atoms with E-state index < -0.39 is 6.10 Å². The van der Waals surface area contributed by atoms with Crippen LogP contribution >= 0.6 is 11.3 Å². The highest BCUT2D eigenvalue weighted by Gasteiger charge is 2.14. The van der Waals surface area contributed by atoms with Crippen LogP contribution in [-0.4, -0.2) is 40.3 Å². The van der Waals surface area contributed by atoms with E-state index in [0.717, 1.165) is 21.8 Å². The summed E-state index contributed by atoms with van der Waals surface area (Å²) in [6, 6.07) is 17.0. The number of ketones is 1. The minimum Gasteiger partial charge on any atom is -0.497 e. The standard InChI is InChI=1S/C26H26N2O5S/c1-17(29)3-4-18-5-9-22(10-6-18)33-15-20(30)14-28-16-27-23-13-24(34-25(23)26(28)31)19-7-11-21(32-2)12-8-19/h5-13,16,20,30H,3-4,14-15H2,1-2H3. The van der Waals surface area contributed by atoms with Crippen molar-refractivity contribution in [1.82, 2.24) is 9.55 Å². The molecule has 0 fully saturated rings. The predicted octanol–water partition coefficient (Wildman–Crippen LogP) is 4.10. The molecule has 1 unspecified atom stereocenters. The maximum Gasteiger partial charge on any atom is 0.271 e.